The van der Waals surface area contributed by atoms with Crippen molar-refractivity contribution in [2.24, 2.45) is 4.99 Å². The molecule has 2 fully saturated rings. The third-order valence-corrected chi connectivity index (χ3v) is 5.81. The summed E-state index contributed by atoms with van der Waals surface area (Å²) in [4.78, 5) is 11.4. The fraction of sp³-hybridized carbons (Fsp3) is 0.667. The van der Waals surface area contributed by atoms with Gasteiger partial charge in [0.25, 0.3) is 0 Å². The molecule has 2 saturated heterocycles. The van der Waals surface area contributed by atoms with Crippen LogP contribution in [0.5, 0.6) is 5.75 Å². The summed E-state index contributed by atoms with van der Waals surface area (Å²) < 4.78 is 30.1. The van der Waals surface area contributed by atoms with Gasteiger partial charge in [-0.25, -0.2) is 0 Å². The van der Waals surface area contributed by atoms with Crippen LogP contribution in [0, 0.1) is 0 Å². The van der Waals surface area contributed by atoms with Crippen molar-refractivity contribution in [3.8, 4) is 5.75 Å². The maximum Gasteiger partial charge on any atom is 0.387 e. The molecule has 2 aliphatic heterocycles. The minimum atomic E-state index is -2.82. The lowest BCUT2D eigenvalue weighted by Crippen LogP contribution is -2.50. The average molecular weight is 425 g/mol. The van der Waals surface area contributed by atoms with Crippen LogP contribution in [-0.4, -0.2) is 94.4 Å². The van der Waals surface area contributed by atoms with Crippen LogP contribution in [0.4, 0.5) is 14.5 Å². The van der Waals surface area contributed by atoms with Crippen molar-refractivity contribution in [3.05, 3.63) is 24.3 Å². The molecule has 2 aliphatic rings. The van der Waals surface area contributed by atoms with E-state index in [1.807, 2.05) is 12.1 Å². The second-order valence-electron chi connectivity index (χ2n) is 7.70. The van der Waals surface area contributed by atoms with Gasteiger partial charge in [0, 0.05) is 65.4 Å². The smallest absolute Gasteiger partial charge is 0.387 e. The number of ether oxygens (including phenoxy) is 1. The molecule has 0 amide bonds. The zero-order chi connectivity index (χ0) is 21.3. The van der Waals surface area contributed by atoms with Gasteiger partial charge in [-0.1, -0.05) is 19.1 Å². The van der Waals surface area contributed by atoms with Crippen molar-refractivity contribution >= 4 is 11.6 Å². The van der Waals surface area contributed by atoms with Crippen LogP contribution in [0.2, 0.25) is 0 Å². The van der Waals surface area contributed by atoms with E-state index in [4.69, 9.17) is 0 Å². The lowest BCUT2D eigenvalue weighted by molar-refractivity contribution is -0.0495. The molecule has 0 saturated carbocycles. The number of anilines is 1. The van der Waals surface area contributed by atoms with E-state index >= 15 is 0 Å². The molecule has 1 aromatic carbocycles. The van der Waals surface area contributed by atoms with E-state index in [0.29, 0.717) is 12.2 Å². The number of piperazine rings is 1. The highest BCUT2D eigenvalue weighted by Gasteiger charge is 2.26. The first-order chi connectivity index (χ1) is 14.6. The molecular weight excluding hydrogens is 390 g/mol. The topological polar surface area (TPSA) is 55.4 Å². The largest absolute Gasteiger partial charge is 0.433 e. The fourth-order valence-electron chi connectivity index (χ4n) is 4.06. The molecule has 0 aromatic heterocycles. The van der Waals surface area contributed by atoms with Crippen molar-refractivity contribution in [2.75, 3.05) is 70.9 Å². The third kappa shape index (κ3) is 6.43. The van der Waals surface area contributed by atoms with Crippen LogP contribution in [0.3, 0.4) is 0 Å². The summed E-state index contributed by atoms with van der Waals surface area (Å²) in [7, 11) is 1.77. The van der Waals surface area contributed by atoms with Gasteiger partial charge in [-0.15, -0.1) is 0 Å². The Hall–Kier alpha value is -2.13. The van der Waals surface area contributed by atoms with Crippen LogP contribution in [0.15, 0.2) is 29.3 Å². The zero-order valence-corrected chi connectivity index (χ0v) is 18.0. The molecule has 1 atom stereocenters. The summed E-state index contributed by atoms with van der Waals surface area (Å²) in [5.74, 6) is 1.00. The Balaban J connectivity index is 1.43. The van der Waals surface area contributed by atoms with Gasteiger partial charge in [0.1, 0.15) is 5.75 Å². The van der Waals surface area contributed by atoms with Gasteiger partial charge in [0.15, 0.2) is 5.96 Å². The molecule has 3 rings (SSSR count). The molecule has 168 valence electrons. The Bertz CT molecular complexity index is 681. The minimum absolute atomic E-state index is 0.198. The highest BCUT2D eigenvalue weighted by atomic mass is 19.3. The van der Waals surface area contributed by atoms with Crippen molar-refractivity contribution < 1.29 is 13.5 Å². The predicted molar refractivity (Wildman–Crippen MR) is 117 cm³/mol. The van der Waals surface area contributed by atoms with E-state index in [-0.39, 0.29) is 11.8 Å². The van der Waals surface area contributed by atoms with Gasteiger partial charge >= 0.3 is 6.61 Å². The summed E-state index contributed by atoms with van der Waals surface area (Å²) in [5, 5.41) is 6.86. The molecule has 1 aromatic rings. The Morgan fingerprint density at radius 1 is 1.17 bits per heavy atom. The number of hydrogen-bond acceptors (Lipinski definition) is 5. The van der Waals surface area contributed by atoms with E-state index in [0.717, 1.165) is 64.7 Å². The highest BCUT2D eigenvalue weighted by Crippen LogP contribution is 2.31. The number of hydrogen-bond donors (Lipinski definition) is 2. The number of nitrogens with zero attached hydrogens (tertiary/aromatic N) is 4. The maximum atomic E-state index is 12.7. The van der Waals surface area contributed by atoms with E-state index in [2.05, 4.69) is 42.0 Å². The molecule has 1 unspecified atom stereocenters. The summed E-state index contributed by atoms with van der Waals surface area (Å²) in [6.45, 7) is 8.33. The fourth-order valence-corrected chi connectivity index (χ4v) is 4.06. The van der Waals surface area contributed by atoms with Gasteiger partial charge < -0.3 is 25.2 Å². The summed E-state index contributed by atoms with van der Waals surface area (Å²) in [6, 6.07) is 7.16. The number of alkyl halides is 2. The van der Waals surface area contributed by atoms with Crippen LogP contribution in [-0.2, 0) is 0 Å². The first kappa shape index (κ1) is 22.6. The van der Waals surface area contributed by atoms with Gasteiger partial charge in [0.2, 0.25) is 0 Å². The Morgan fingerprint density at radius 2 is 1.90 bits per heavy atom. The number of rotatable bonds is 8. The zero-order valence-electron chi connectivity index (χ0n) is 18.0. The second kappa shape index (κ2) is 11.3. The first-order valence-electron chi connectivity index (χ1n) is 10.8. The molecule has 0 aliphatic carbocycles. The Kier molecular flexibility index (Phi) is 8.50. The molecule has 30 heavy (non-hydrogen) atoms. The predicted octanol–water partition coefficient (Wildman–Crippen LogP) is 1.67. The summed E-state index contributed by atoms with van der Waals surface area (Å²) in [5.41, 5.74) is 0.705. The molecule has 0 bridgehead atoms. The van der Waals surface area contributed by atoms with Crippen LogP contribution < -0.4 is 20.3 Å². The molecule has 7 nitrogen and oxygen atoms in total. The molecule has 0 radical (unpaired) electrons. The van der Waals surface area contributed by atoms with Crippen LogP contribution in [0.25, 0.3) is 0 Å². The standard InChI is InChI=1S/C21H34F2N6O/c1-3-27-12-14-28(15-13-27)11-9-25-21(24-2)26-17-8-10-29(16-17)18-6-4-5-7-19(18)30-20(22)23/h4-7,17,20H,3,8-16H2,1-2H3,(H2,24,25,26). The molecule has 9 heteroatoms. The molecule has 2 heterocycles. The highest BCUT2D eigenvalue weighted by molar-refractivity contribution is 5.80. The number of benzene rings is 1. The van der Waals surface area contributed by atoms with E-state index < -0.39 is 6.61 Å². The number of aliphatic imine (C=N–C) groups is 1. The van der Waals surface area contributed by atoms with Crippen LogP contribution >= 0.6 is 0 Å². The van der Waals surface area contributed by atoms with Gasteiger partial charge in [-0.2, -0.15) is 8.78 Å². The van der Waals surface area contributed by atoms with E-state index in [9.17, 15) is 8.78 Å². The lowest BCUT2D eigenvalue weighted by atomic mass is 10.2. The lowest BCUT2D eigenvalue weighted by Gasteiger charge is -2.34. The van der Waals surface area contributed by atoms with Crippen molar-refractivity contribution in [1.29, 1.82) is 0 Å². The van der Waals surface area contributed by atoms with Crippen molar-refractivity contribution in [2.45, 2.75) is 26.0 Å². The second-order valence-corrected chi connectivity index (χ2v) is 7.70. The Morgan fingerprint density at radius 3 is 2.60 bits per heavy atom. The normalized spacial score (nSPS) is 21.3. The first-order valence-corrected chi connectivity index (χ1v) is 10.8. The minimum Gasteiger partial charge on any atom is -0.433 e. The molecule has 2 N–H and O–H groups in total. The van der Waals surface area contributed by atoms with Gasteiger partial charge in [-0.05, 0) is 25.1 Å². The number of halogens is 2. The summed E-state index contributed by atoms with van der Waals surface area (Å²) >= 11 is 0. The average Bonchev–Trinajstić information content (AvgIpc) is 3.21. The van der Waals surface area contributed by atoms with Crippen molar-refractivity contribution in [3.63, 3.8) is 0 Å². The van der Waals surface area contributed by atoms with Crippen molar-refractivity contribution in [1.82, 2.24) is 20.4 Å². The maximum absolute atomic E-state index is 12.7. The quantitative estimate of drug-likeness (QED) is 0.489. The Labute approximate surface area is 178 Å². The van der Waals surface area contributed by atoms with Gasteiger partial charge in [-0.3, -0.25) is 9.89 Å². The number of guanidine groups is 1. The van der Waals surface area contributed by atoms with Gasteiger partial charge in [0.05, 0.1) is 5.69 Å². The monoisotopic (exact) mass is 424 g/mol. The number of likely N-dealkylation sites (N-methyl/N-ethyl adjacent to an activating group) is 1. The van der Waals surface area contributed by atoms with E-state index in [1.54, 1.807) is 19.2 Å². The summed E-state index contributed by atoms with van der Waals surface area (Å²) in [6.07, 6.45) is 0.905. The van der Waals surface area contributed by atoms with E-state index in [1.165, 1.54) is 0 Å². The number of nitrogens with one attached hydrogen (secondary N) is 2. The SMILES string of the molecule is CCN1CCN(CCNC(=NC)NC2CCN(c3ccccc3OC(F)F)C2)CC1. The third-order valence-electron chi connectivity index (χ3n) is 5.81. The number of para-hydroxylation sites is 2. The molecular formula is C21H34F2N6O. The molecule has 0 spiro atoms. The van der Waals surface area contributed by atoms with Crippen LogP contribution in [0.1, 0.15) is 13.3 Å².